The molecule has 3 fully saturated rings. The fourth-order valence-corrected chi connectivity index (χ4v) is 5.46. The molecule has 0 radical (unpaired) electrons. The molecule has 4 heteroatoms. The number of piperazine rings is 1. The quantitative estimate of drug-likeness (QED) is 0.835. The zero-order valence-electron chi connectivity index (χ0n) is 14.8. The van der Waals surface area contributed by atoms with Gasteiger partial charge >= 0.3 is 0 Å². The van der Waals surface area contributed by atoms with Crippen molar-refractivity contribution in [1.29, 1.82) is 0 Å². The molecular weight excluding hydrogens is 296 g/mol. The Morgan fingerprint density at radius 2 is 1.67 bits per heavy atom. The standard InChI is InChI=1S/C20H30N4/c1-2-7-15(6-1)19-17-9-5-10-18(17)21-20(22-19)24-13-12-23-11-4-3-8-16(23)14-24/h15-16H,1-14H2. The fraction of sp³-hybridized carbons (Fsp3) is 0.800. The largest absolute Gasteiger partial charge is 0.338 e. The first-order chi connectivity index (χ1) is 11.9. The molecule has 1 unspecified atom stereocenters. The fourth-order valence-electron chi connectivity index (χ4n) is 5.46. The summed E-state index contributed by atoms with van der Waals surface area (Å²) in [4.78, 5) is 15.4. The highest BCUT2D eigenvalue weighted by Crippen LogP contribution is 2.38. The highest BCUT2D eigenvalue weighted by Gasteiger charge is 2.32. The van der Waals surface area contributed by atoms with Gasteiger partial charge in [0.05, 0.1) is 5.69 Å². The zero-order chi connectivity index (χ0) is 15.9. The van der Waals surface area contributed by atoms with Crippen molar-refractivity contribution in [2.75, 3.05) is 31.1 Å². The second-order valence-corrected chi connectivity index (χ2v) is 8.30. The van der Waals surface area contributed by atoms with Crippen LogP contribution in [0.1, 0.15) is 74.2 Å². The van der Waals surface area contributed by atoms with Crippen LogP contribution >= 0.6 is 0 Å². The van der Waals surface area contributed by atoms with Gasteiger partial charge in [-0.25, -0.2) is 9.97 Å². The molecule has 0 aromatic carbocycles. The summed E-state index contributed by atoms with van der Waals surface area (Å²) in [5.74, 6) is 1.78. The average molecular weight is 326 g/mol. The molecule has 130 valence electrons. The van der Waals surface area contributed by atoms with Gasteiger partial charge in [-0.2, -0.15) is 0 Å². The van der Waals surface area contributed by atoms with Crippen LogP contribution in [0.3, 0.4) is 0 Å². The summed E-state index contributed by atoms with van der Waals surface area (Å²) in [5, 5.41) is 0. The third-order valence-electron chi connectivity index (χ3n) is 6.82. The third-order valence-corrected chi connectivity index (χ3v) is 6.82. The monoisotopic (exact) mass is 326 g/mol. The first kappa shape index (κ1) is 15.1. The lowest BCUT2D eigenvalue weighted by atomic mass is 9.98. The van der Waals surface area contributed by atoms with Crippen molar-refractivity contribution in [3.05, 3.63) is 17.0 Å². The number of nitrogens with zero attached hydrogens (tertiary/aromatic N) is 4. The topological polar surface area (TPSA) is 32.3 Å². The van der Waals surface area contributed by atoms with Gasteiger partial charge in [0.1, 0.15) is 0 Å². The van der Waals surface area contributed by atoms with Crippen LogP contribution in [-0.2, 0) is 12.8 Å². The number of piperidine rings is 1. The van der Waals surface area contributed by atoms with Gasteiger partial charge < -0.3 is 4.90 Å². The normalized spacial score (nSPS) is 28.2. The van der Waals surface area contributed by atoms with E-state index in [1.165, 1.54) is 94.2 Å². The number of aryl methyl sites for hydroxylation is 1. The average Bonchev–Trinajstić information content (AvgIpc) is 3.32. The Balaban J connectivity index is 1.44. The SMILES string of the molecule is C1Cc2nc(N3CCN4CCCCC4C3)nc(C3CCCC3)c2C1. The van der Waals surface area contributed by atoms with E-state index in [4.69, 9.17) is 9.97 Å². The van der Waals surface area contributed by atoms with Gasteiger partial charge in [-0.05, 0) is 57.1 Å². The van der Waals surface area contributed by atoms with E-state index in [1.807, 2.05) is 0 Å². The molecule has 3 heterocycles. The molecule has 0 amide bonds. The highest BCUT2D eigenvalue weighted by molar-refractivity contribution is 5.41. The molecule has 2 aliphatic carbocycles. The van der Waals surface area contributed by atoms with Gasteiger partial charge in [-0.1, -0.05) is 19.3 Å². The molecule has 1 aromatic heterocycles. The Hall–Kier alpha value is -1.16. The molecule has 5 rings (SSSR count). The maximum atomic E-state index is 5.18. The molecule has 2 saturated heterocycles. The van der Waals surface area contributed by atoms with Crippen molar-refractivity contribution in [1.82, 2.24) is 14.9 Å². The molecule has 4 nitrogen and oxygen atoms in total. The number of rotatable bonds is 2. The predicted octanol–water partition coefficient (Wildman–Crippen LogP) is 3.30. The van der Waals surface area contributed by atoms with E-state index in [0.29, 0.717) is 0 Å². The number of aromatic nitrogens is 2. The third kappa shape index (κ3) is 2.63. The minimum absolute atomic E-state index is 0.717. The van der Waals surface area contributed by atoms with Gasteiger partial charge in [0, 0.05) is 37.3 Å². The summed E-state index contributed by atoms with van der Waals surface area (Å²) in [6.45, 7) is 4.75. The van der Waals surface area contributed by atoms with E-state index < -0.39 is 0 Å². The predicted molar refractivity (Wildman–Crippen MR) is 96.7 cm³/mol. The number of fused-ring (bicyclic) bond motifs is 2. The minimum Gasteiger partial charge on any atom is -0.338 e. The highest BCUT2D eigenvalue weighted by atomic mass is 15.3. The van der Waals surface area contributed by atoms with Gasteiger partial charge in [0.2, 0.25) is 5.95 Å². The van der Waals surface area contributed by atoms with Crippen LogP contribution < -0.4 is 4.90 Å². The lowest BCUT2D eigenvalue weighted by Crippen LogP contribution is -2.55. The summed E-state index contributed by atoms with van der Waals surface area (Å²) >= 11 is 0. The van der Waals surface area contributed by atoms with E-state index >= 15 is 0 Å². The van der Waals surface area contributed by atoms with E-state index in [0.717, 1.165) is 31.0 Å². The van der Waals surface area contributed by atoms with Crippen LogP contribution in [0.25, 0.3) is 0 Å². The molecule has 0 bridgehead atoms. The maximum Gasteiger partial charge on any atom is 0.225 e. The molecule has 1 atom stereocenters. The number of anilines is 1. The Morgan fingerprint density at radius 3 is 2.58 bits per heavy atom. The molecule has 0 N–H and O–H groups in total. The minimum atomic E-state index is 0.717. The van der Waals surface area contributed by atoms with Crippen molar-refractivity contribution in [2.24, 2.45) is 0 Å². The summed E-state index contributed by atoms with van der Waals surface area (Å²) in [7, 11) is 0. The van der Waals surface area contributed by atoms with Crippen LogP contribution in [0, 0.1) is 0 Å². The summed E-state index contributed by atoms with van der Waals surface area (Å²) in [5.41, 5.74) is 4.35. The first-order valence-corrected chi connectivity index (χ1v) is 10.3. The summed E-state index contributed by atoms with van der Waals surface area (Å²) in [6.07, 6.45) is 13.3. The lowest BCUT2D eigenvalue weighted by molar-refractivity contribution is 0.132. The van der Waals surface area contributed by atoms with E-state index in [9.17, 15) is 0 Å². The van der Waals surface area contributed by atoms with Crippen molar-refractivity contribution in [3.63, 3.8) is 0 Å². The molecule has 0 spiro atoms. The zero-order valence-corrected chi connectivity index (χ0v) is 14.8. The van der Waals surface area contributed by atoms with Crippen LogP contribution in [0.5, 0.6) is 0 Å². The van der Waals surface area contributed by atoms with Crippen molar-refractivity contribution in [3.8, 4) is 0 Å². The van der Waals surface area contributed by atoms with Crippen molar-refractivity contribution in [2.45, 2.75) is 76.2 Å². The van der Waals surface area contributed by atoms with Crippen molar-refractivity contribution >= 4 is 5.95 Å². The lowest BCUT2D eigenvalue weighted by Gasteiger charge is -2.44. The molecule has 1 aromatic rings. The van der Waals surface area contributed by atoms with Crippen LogP contribution in [-0.4, -0.2) is 47.1 Å². The van der Waals surface area contributed by atoms with Crippen LogP contribution in [0.2, 0.25) is 0 Å². The molecule has 1 saturated carbocycles. The molecule has 4 aliphatic rings. The maximum absolute atomic E-state index is 5.18. The van der Waals surface area contributed by atoms with Gasteiger partial charge in [0.15, 0.2) is 0 Å². The second-order valence-electron chi connectivity index (χ2n) is 8.30. The Morgan fingerprint density at radius 1 is 0.792 bits per heavy atom. The Bertz CT molecular complexity index is 608. The van der Waals surface area contributed by atoms with Gasteiger partial charge in [-0.15, -0.1) is 0 Å². The molecule has 2 aliphatic heterocycles. The smallest absolute Gasteiger partial charge is 0.225 e. The number of hydrogen-bond acceptors (Lipinski definition) is 4. The number of hydrogen-bond donors (Lipinski definition) is 0. The Kier molecular flexibility index (Phi) is 3.96. The van der Waals surface area contributed by atoms with Crippen molar-refractivity contribution < 1.29 is 0 Å². The van der Waals surface area contributed by atoms with E-state index in [-0.39, 0.29) is 0 Å². The van der Waals surface area contributed by atoms with Crippen LogP contribution in [0.4, 0.5) is 5.95 Å². The first-order valence-electron chi connectivity index (χ1n) is 10.3. The van der Waals surface area contributed by atoms with E-state index in [2.05, 4.69) is 9.80 Å². The molecular formula is C20H30N4. The Labute approximate surface area is 145 Å². The van der Waals surface area contributed by atoms with Crippen LogP contribution in [0.15, 0.2) is 0 Å². The summed E-state index contributed by atoms with van der Waals surface area (Å²) < 4.78 is 0. The summed E-state index contributed by atoms with van der Waals surface area (Å²) in [6, 6.07) is 0.735. The molecule has 24 heavy (non-hydrogen) atoms. The second kappa shape index (κ2) is 6.29. The van der Waals surface area contributed by atoms with E-state index in [1.54, 1.807) is 0 Å². The van der Waals surface area contributed by atoms with Gasteiger partial charge in [0.25, 0.3) is 0 Å². The van der Waals surface area contributed by atoms with Gasteiger partial charge in [-0.3, -0.25) is 4.90 Å².